The highest BCUT2D eigenvalue weighted by molar-refractivity contribution is 9.11. The normalized spacial score (nSPS) is 12.5. The lowest BCUT2D eigenvalue weighted by atomic mass is 10.2. The van der Waals surface area contributed by atoms with Crippen LogP contribution in [0.25, 0.3) is 10.2 Å². The van der Waals surface area contributed by atoms with Crippen molar-refractivity contribution in [3.63, 3.8) is 0 Å². The molecular formula is C16H16BrN3S2. The van der Waals surface area contributed by atoms with Crippen LogP contribution in [0.2, 0.25) is 0 Å². The Balaban J connectivity index is 1.65. The van der Waals surface area contributed by atoms with Crippen LogP contribution in [-0.2, 0) is 0 Å². The minimum Gasteiger partial charge on any atom is -0.365 e. The molecular weight excluding hydrogens is 378 g/mol. The van der Waals surface area contributed by atoms with Crippen molar-refractivity contribution in [1.82, 2.24) is 9.97 Å². The summed E-state index contributed by atoms with van der Waals surface area (Å²) in [5.41, 5.74) is 2.27. The van der Waals surface area contributed by atoms with E-state index in [1.54, 1.807) is 17.7 Å². The molecule has 1 N–H and O–H groups in total. The number of anilines is 1. The molecule has 0 spiro atoms. The molecule has 1 atom stereocenters. The monoisotopic (exact) mass is 393 g/mol. The van der Waals surface area contributed by atoms with Gasteiger partial charge in [-0.3, -0.25) is 0 Å². The van der Waals surface area contributed by atoms with E-state index in [9.17, 15) is 0 Å². The van der Waals surface area contributed by atoms with Crippen LogP contribution in [0.4, 0.5) is 5.82 Å². The zero-order valence-corrected chi connectivity index (χ0v) is 15.6. The molecule has 3 rings (SSSR count). The quantitative estimate of drug-likeness (QED) is 0.592. The van der Waals surface area contributed by atoms with Crippen LogP contribution in [0.5, 0.6) is 0 Å². The molecule has 2 heterocycles. The van der Waals surface area contributed by atoms with E-state index in [-0.39, 0.29) is 0 Å². The Labute approximate surface area is 146 Å². The predicted molar refractivity (Wildman–Crippen MR) is 100 cm³/mol. The molecule has 0 aliphatic carbocycles. The average Bonchev–Trinajstić information content (AvgIpc) is 2.88. The smallest absolute Gasteiger partial charge is 0.147 e. The molecule has 1 aromatic carbocycles. The lowest BCUT2D eigenvalue weighted by Gasteiger charge is -2.14. The molecule has 0 amide bonds. The fourth-order valence-corrected chi connectivity index (χ4v) is 4.41. The fourth-order valence-electron chi connectivity index (χ4n) is 2.06. The summed E-state index contributed by atoms with van der Waals surface area (Å²) in [6, 6.07) is 11.0. The lowest BCUT2D eigenvalue weighted by molar-refractivity contribution is 0.903. The molecule has 0 saturated carbocycles. The van der Waals surface area contributed by atoms with Gasteiger partial charge in [0.05, 0.1) is 14.0 Å². The van der Waals surface area contributed by atoms with Crippen molar-refractivity contribution >= 4 is 55.1 Å². The third-order valence-electron chi connectivity index (χ3n) is 3.19. The van der Waals surface area contributed by atoms with E-state index in [0.717, 1.165) is 25.6 Å². The number of hydrogen-bond acceptors (Lipinski definition) is 5. The van der Waals surface area contributed by atoms with Crippen molar-refractivity contribution in [2.75, 3.05) is 11.1 Å². The summed E-state index contributed by atoms with van der Waals surface area (Å²) in [4.78, 5) is 9.98. The Kier molecular flexibility index (Phi) is 5.00. The molecule has 0 bridgehead atoms. The van der Waals surface area contributed by atoms with Crippen molar-refractivity contribution in [3.8, 4) is 0 Å². The van der Waals surface area contributed by atoms with Crippen LogP contribution in [0.3, 0.4) is 0 Å². The lowest BCUT2D eigenvalue weighted by Crippen LogP contribution is -2.18. The van der Waals surface area contributed by atoms with Crippen LogP contribution in [-0.4, -0.2) is 21.8 Å². The van der Waals surface area contributed by atoms with Crippen molar-refractivity contribution in [1.29, 1.82) is 0 Å². The van der Waals surface area contributed by atoms with Crippen LogP contribution < -0.4 is 5.32 Å². The van der Waals surface area contributed by atoms with Gasteiger partial charge < -0.3 is 5.32 Å². The number of nitrogens with one attached hydrogen (secondary N) is 1. The number of benzene rings is 1. The Bertz CT molecular complexity index is 771. The largest absolute Gasteiger partial charge is 0.365 e. The van der Waals surface area contributed by atoms with Crippen LogP contribution in [0.1, 0.15) is 12.5 Å². The Hall–Kier alpha value is -1.11. The molecule has 0 fully saturated rings. The number of rotatable bonds is 5. The predicted octanol–water partition coefficient (Wildman–Crippen LogP) is 5.35. The van der Waals surface area contributed by atoms with Gasteiger partial charge >= 0.3 is 0 Å². The first-order valence-electron chi connectivity index (χ1n) is 6.98. The van der Waals surface area contributed by atoms with Gasteiger partial charge in [0, 0.05) is 16.7 Å². The number of nitrogens with zero attached hydrogens (tertiary/aromatic N) is 2. The molecule has 0 radical (unpaired) electrons. The van der Waals surface area contributed by atoms with Gasteiger partial charge in [-0.25, -0.2) is 9.97 Å². The third-order valence-corrected chi connectivity index (χ3v) is 6.09. The first kappa shape index (κ1) is 15.8. The van der Waals surface area contributed by atoms with Crippen molar-refractivity contribution in [2.45, 2.75) is 24.8 Å². The summed E-state index contributed by atoms with van der Waals surface area (Å²) in [6.45, 7) is 4.29. The number of fused-ring (bicyclic) bond motifs is 1. The van der Waals surface area contributed by atoms with E-state index in [4.69, 9.17) is 0 Å². The fraction of sp³-hybridized carbons (Fsp3) is 0.250. The molecule has 3 nitrogen and oxygen atoms in total. The van der Waals surface area contributed by atoms with Crippen molar-refractivity contribution in [2.24, 2.45) is 0 Å². The number of thioether (sulfide) groups is 1. The second-order valence-electron chi connectivity index (χ2n) is 5.16. The SMILES string of the molecule is Cc1ccc(SCC(C)Nc2ncnc3cc(Br)sc23)cc1. The Morgan fingerprint density at radius 3 is 2.82 bits per heavy atom. The molecule has 3 aromatic rings. The van der Waals surface area contributed by atoms with Gasteiger partial charge in [0.15, 0.2) is 0 Å². The van der Waals surface area contributed by atoms with E-state index in [1.165, 1.54) is 10.5 Å². The first-order chi connectivity index (χ1) is 10.6. The molecule has 0 saturated heterocycles. The molecule has 114 valence electrons. The van der Waals surface area contributed by atoms with Gasteiger partial charge in [-0.15, -0.1) is 23.1 Å². The van der Waals surface area contributed by atoms with E-state index in [1.807, 2.05) is 17.8 Å². The highest BCUT2D eigenvalue weighted by Crippen LogP contribution is 2.32. The molecule has 0 aliphatic rings. The zero-order chi connectivity index (χ0) is 15.5. The van der Waals surface area contributed by atoms with E-state index < -0.39 is 0 Å². The van der Waals surface area contributed by atoms with Gasteiger partial charge in [0.1, 0.15) is 12.1 Å². The van der Waals surface area contributed by atoms with Crippen molar-refractivity contribution in [3.05, 3.63) is 46.0 Å². The molecule has 6 heteroatoms. The minimum absolute atomic E-state index is 0.324. The standard InChI is InChI=1S/C16H16BrN3S2/c1-10-3-5-12(6-4-10)21-8-11(2)20-16-15-13(18-9-19-16)7-14(17)22-15/h3-7,9,11H,8H2,1-2H3,(H,18,19,20). The molecule has 22 heavy (non-hydrogen) atoms. The average molecular weight is 394 g/mol. The molecule has 1 unspecified atom stereocenters. The second-order valence-corrected chi connectivity index (χ2v) is 8.68. The van der Waals surface area contributed by atoms with Gasteiger partial charge in [-0.1, -0.05) is 17.7 Å². The summed E-state index contributed by atoms with van der Waals surface area (Å²) in [7, 11) is 0. The van der Waals surface area contributed by atoms with Crippen LogP contribution in [0.15, 0.2) is 45.3 Å². The Morgan fingerprint density at radius 1 is 1.27 bits per heavy atom. The van der Waals surface area contributed by atoms with E-state index >= 15 is 0 Å². The van der Waals surface area contributed by atoms with Crippen LogP contribution >= 0.6 is 39.0 Å². The summed E-state index contributed by atoms with van der Waals surface area (Å²) in [5.74, 6) is 1.90. The van der Waals surface area contributed by atoms with E-state index in [2.05, 4.69) is 69.3 Å². The number of thiophene rings is 1. The van der Waals surface area contributed by atoms with Gasteiger partial charge in [-0.05, 0) is 48.0 Å². The van der Waals surface area contributed by atoms with Gasteiger partial charge in [0.25, 0.3) is 0 Å². The summed E-state index contributed by atoms with van der Waals surface area (Å²) in [5, 5.41) is 3.50. The van der Waals surface area contributed by atoms with Gasteiger partial charge in [-0.2, -0.15) is 0 Å². The number of aromatic nitrogens is 2. The molecule has 0 aliphatic heterocycles. The summed E-state index contributed by atoms with van der Waals surface area (Å²) < 4.78 is 2.18. The van der Waals surface area contributed by atoms with E-state index in [0.29, 0.717) is 6.04 Å². The Morgan fingerprint density at radius 2 is 2.05 bits per heavy atom. The maximum Gasteiger partial charge on any atom is 0.147 e. The van der Waals surface area contributed by atoms with Crippen molar-refractivity contribution < 1.29 is 0 Å². The van der Waals surface area contributed by atoms with Crippen LogP contribution in [0, 0.1) is 6.92 Å². The summed E-state index contributed by atoms with van der Waals surface area (Å²) >= 11 is 7.03. The number of halogens is 1. The topological polar surface area (TPSA) is 37.8 Å². The highest BCUT2D eigenvalue weighted by atomic mass is 79.9. The number of aryl methyl sites for hydroxylation is 1. The highest BCUT2D eigenvalue weighted by Gasteiger charge is 2.10. The second kappa shape index (κ2) is 6.98. The molecule has 2 aromatic heterocycles. The zero-order valence-electron chi connectivity index (χ0n) is 12.3. The minimum atomic E-state index is 0.324. The maximum absolute atomic E-state index is 4.38. The summed E-state index contributed by atoms with van der Waals surface area (Å²) in [6.07, 6.45) is 1.61. The maximum atomic E-state index is 4.38. The van der Waals surface area contributed by atoms with Gasteiger partial charge in [0.2, 0.25) is 0 Å². The first-order valence-corrected chi connectivity index (χ1v) is 9.57. The number of hydrogen-bond donors (Lipinski definition) is 1. The third kappa shape index (κ3) is 3.80.